The number of nitro benzene ring substituents is 1. The number of non-ortho nitro benzene ring substituents is 1. The van der Waals surface area contributed by atoms with Crippen LogP contribution in [0.25, 0.3) is 0 Å². The number of thioether (sulfide) groups is 1. The average Bonchev–Trinajstić information content (AvgIpc) is 2.86. The Balaban J connectivity index is 2.05. The lowest BCUT2D eigenvalue weighted by atomic mass is 10.2. The van der Waals surface area contributed by atoms with E-state index in [0.717, 1.165) is 23.6 Å². The van der Waals surface area contributed by atoms with Gasteiger partial charge in [0.25, 0.3) is 5.69 Å². The van der Waals surface area contributed by atoms with Crippen LogP contribution < -0.4 is 5.32 Å². The molecule has 1 aromatic carbocycles. The van der Waals surface area contributed by atoms with E-state index in [1.54, 1.807) is 17.8 Å². The summed E-state index contributed by atoms with van der Waals surface area (Å²) in [5, 5.41) is 13.4. The smallest absolute Gasteiger partial charge is 0.271 e. The zero-order chi connectivity index (χ0) is 14.5. The maximum Gasteiger partial charge on any atom is 0.271 e. The third-order valence-electron chi connectivity index (χ3n) is 2.62. The van der Waals surface area contributed by atoms with E-state index in [1.807, 2.05) is 12.3 Å². The standard InChI is InChI=1S/C13H13FN2O3S/c1-20-8-11-4-3-10(19-11)7-15-13-6-9(16(17)18)2-5-12(13)14/h2-6,15H,7-8H2,1H3. The third kappa shape index (κ3) is 3.51. The molecule has 1 N–H and O–H groups in total. The van der Waals surface area contributed by atoms with Crippen molar-refractivity contribution in [3.63, 3.8) is 0 Å². The van der Waals surface area contributed by atoms with Gasteiger partial charge in [0.05, 0.1) is 22.9 Å². The van der Waals surface area contributed by atoms with Crippen LogP contribution in [0.5, 0.6) is 0 Å². The van der Waals surface area contributed by atoms with Crippen LogP contribution >= 0.6 is 11.8 Å². The molecule has 0 spiro atoms. The van der Waals surface area contributed by atoms with Crippen molar-refractivity contribution < 1.29 is 13.7 Å². The van der Waals surface area contributed by atoms with Crippen LogP contribution in [0.15, 0.2) is 34.7 Å². The Bertz CT molecular complexity index is 615. The summed E-state index contributed by atoms with van der Waals surface area (Å²) in [7, 11) is 0. The lowest BCUT2D eigenvalue weighted by molar-refractivity contribution is -0.384. The van der Waals surface area contributed by atoms with E-state index < -0.39 is 10.7 Å². The zero-order valence-corrected chi connectivity index (χ0v) is 11.6. The zero-order valence-electron chi connectivity index (χ0n) is 10.8. The summed E-state index contributed by atoms with van der Waals surface area (Å²) < 4.78 is 19.1. The maximum atomic E-state index is 13.5. The molecule has 2 aromatic rings. The molecule has 2 rings (SSSR count). The van der Waals surface area contributed by atoms with Crippen LogP contribution in [-0.2, 0) is 12.3 Å². The molecule has 0 radical (unpaired) electrons. The minimum atomic E-state index is -0.561. The highest BCUT2D eigenvalue weighted by Crippen LogP contribution is 2.22. The number of furan rings is 1. The number of hydrogen-bond acceptors (Lipinski definition) is 5. The van der Waals surface area contributed by atoms with Gasteiger partial charge in [0.2, 0.25) is 0 Å². The number of rotatable bonds is 6. The fourth-order valence-corrected chi connectivity index (χ4v) is 2.12. The van der Waals surface area contributed by atoms with E-state index in [0.29, 0.717) is 5.76 Å². The van der Waals surface area contributed by atoms with Crippen LogP contribution in [0.4, 0.5) is 15.8 Å². The summed E-state index contributed by atoms with van der Waals surface area (Å²) in [4.78, 5) is 10.1. The SMILES string of the molecule is CSCc1ccc(CNc2cc([N+](=O)[O-])ccc2F)o1. The van der Waals surface area contributed by atoms with Crippen molar-refractivity contribution in [3.8, 4) is 0 Å². The van der Waals surface area contributed by atoms with E-state index in [-0.39, 0.29) is 17.9 Å². The van der Waals surface area contributed by atoms with Gasteiger partial charge in [-0.3, -0.25) is 10.1 Å². The highest BCUT2D eigenvalue weighted by Gasteiger charge is 2.11. The Morgan fingerprint density at radius 1 is 1.35 bits per heavy atom. The lowest BCUT2D eigenvalue weighted by Gasteiger charge is -2.05. The molecule has 0 aliphatic carbocycles. The van der Waals surface area contributed by atoms with Crippen molar-refractivity contribution in [1.82, 2.24) is 0 Å². The topological polar surface area (TPSA) is 68.3 Å². The predicted molar refractivity (Wildman–Crippen MR) is 76.3 cm³/mol. The van der Waals surface area contributed by atoms with Gasteiger partial charge in [0, 0.05) is 12.1 Å². The quantitative estimate of drug-likeness (QED) is 0.648. The summed E-state index contributed by atoms with van der Waals surface area (Å²) in [6.45, 7) is 0.270. The van der Waals surface area contributed by atoms with Crippen LogP contribution in [0.1, 0.15) is 11.5 Å². The average molecular weight is 296 g/mol. The molecule has 0 bridgehead atoms. The first-order chi connectivity index (χ1) is 9.60. The molecule has 0 saturated carbocycles. The first-order valence-corrected chi connectivity index (χ1v) is 7.24. The van der Waals surface area contributed by atoms with Crippen molar-refractivity contribution >= 4 is 23.1 Å². The second-order valence-electron chi connectivity index (χ2n) is 4.08. The molecule has 0 saturated heterocycles. The number of hydrogen-bond donors (Lipinski definition) is 1. The molecule has 1 heterocycles. The van der Waals surface area contributed by atoms with Crippen molar-refractivity contribution in [3.05, 3.63) is 57.8 Å². The second-order valence-corrected chi connectivity index (χ2v) is 4.94. The van der Waals surface area contributed by atoms with Crippen LogP contribution in [0.3, 0.4) is 0 Å². The molecular formula is C13H13FN2O3S. The number of nitro groups is 1. The molecule has 5 nitrogen and oxygen atoms in total. The van der Waals surface area contributed by atoms with E-state index in [4.69, 9.17) is 4.42 Å². The lowest BCUT2D eigenvalue weighted by Crippen LogP contribution is -2.01. The molecule has 0 fully saturated rings. The van der Waals surface area contributed by atoms with Crippen molar-refractivity contribution in [2.75, 3.05) is 11.6 Å². The number of anilines is 1. The first kappa shape index (κ1) is 14.4. The van der Waals surface area contributed by atoms with Crippen molar-refractivity contribution in [2.45, 2.75) is 12.3 Å². The van der Waals surface area contributed by atoms with Crippen LogP contribution in [-0.4, -0.2) is 11.2 Å². The highest BCUT2D eigenvalue weighted by molar-refractivity contribution is 7.97. The summed E-state index contributed by atoms with van der Waals surface area (Å²) >= 11 is 1.64. The Kier molecular flexibility index (Phi) is 4.62. The molecule has 20 heavy (non-hydrogen) atoms. The Morgan fingerprint density at radius 2 is 2.10 bits per heavy atom. The summed E-state index contributed by atoms with van der Waals surface area (Å²) in [5.41, 5.74) is -0.0709. The molecule has 0 atom stereocenters. The molecule has 0 unspecified atom stereocenters. The third-order valence-corrected chi connectivity index (χ3v) is 3.19. The largest absolute Gasteiger partial charge is 0.463 e. The van der Waals surface area contributed by atoms with Crippen LogP contribution in [0.2, 0.25) is 0 Å². The van der Waals surface area contributed by atoms with E-state index in [9.17, 15) is 14.5 Å². The first-order valence-electron chi connectivity index (χ1n) is 5.84. The van der Waals surface area contributed by atoms with Gasteiger partial charge in [-0.05, 0) is 24.5 Å². The normalized spacial score (nSPS) is 10.5. The molecule has 0 amide bonds. The molecule has 0 aliphatic heterocycles. The number of halogens is 1. The van der Waals surface area contributed by atoms with E-state index in [2.05, 4.69) is 5.32 Å². The van der Waals surface area contributed by atoms with E-state index >= 15 is 0 Å². The summed E-state index contributed by atoms with van der Waals surface area (Å²) in [6.07, 6.45) is 1.97. The molecule has 0 aliphatic rings. The second kappa shape index (κ2) is 6.42. The van der Waals surface area contributed by atoms with Gasteiger partial charge >= 0.3 is 0 Å². The van der Waals surface area contributed by atoms with Gasteiger partial charge in [0.1, 0.15) is 17.3 Å². The Labute approximate surface area is 119 Å². The fourth-order valence-electron chi connectivity index (χ4n) is 1.68. The Morgan fingerprint density at radius 3 is 2.80 bits per heavy atom. The van der Waals surface area contributed by atoms with Crippen LogP contribution in [0, 0.1) is 15.9 Å². The van der Waals surface area contributed by atoms with E-state index in [1.165, 1.54) is 6.07 Å². The van der Waals surface area contributed by atoms with Crippen molar-refractivity contribution in [2.24, 2.45) is 0 Å². The minimum Gasteiger partial charge on any atom is -0.463 e. The van der Waals surface area contributed by atoms with Gasteiger partial charge in [-0.15, -0.1) is 0 Å². The molecule has 1 aromatic heterocycles. The summed E-state index contributed by atoms with van der Waals surface area (Å²) in [6, 6.07) is 7.03. The van der Waals surface area contributed by atoms with Gasteiger partial charge in [-0.25, -0.2) is 4.39 Å². The number of nitrogens with one attached hydrogen (secondary N) is 1. The molecule has 106 valence electrons. The molecular weight excluding hydrogens is 283 g/mol. The number of nitrogens with zero attached hydrogens (tertiary/aromatic N) is 1. The molecule has 7 heteroatoms. The Hall–Kier alpha value is -2.02. The predicted octanol–water partition coefficient (Wildman–Crippen LogP) is 3.80. The van der Waals surface area contributed by atoms with Gasteiger partial charge in [-0.1, -0.05) is 0 Å². The van der Waals surface area contributed by atoms with Crippen molar-refractivity contribution in [1.29, 1.82) is 0 Å². The van der Waals surface area contributed by atoms with Gasteiger partial charge < -0.3 is 9.73 Å². The maximum absolute atomic E-state index is 13.5. The summed E-state index contributed by atoms with van der Waals surface area (Å²) in [5.74, 6) is 1.73. The highest BCUT2D eigenvalue weighted by atomic mass is 32.2. The fraction of sp³-hybridized carbons (Fsp3) is 0.231. The minimum absolute atomic E-state index is 0.0852. The number of benzene rings is 1. The van der Waals surface area contributed by atoms with Gasteiger partial charge in [-0.2, -0.15) is 11.8 Å². The monoisotopic (exact) mass is 296 g/mol. The van der Waals surface area contributed by atoms with Gasteiger partial charge in [0.15, 0.2) is 0 Å².